The van der Waals surface area contributed by atoms with E-state index in [0.717, 1.165) is 0 Å². The first kappa shape index (κ1) is 19.5. The summed E-state index contributed by atoms with van der Waals surface area (Å²) in [7, 11) is 0. The molecule has 0 unspecified atom stereocenters. The predicted molar refractivity (Wildman–Crippen MR) is 102 cm³/mol. The van der Waals surface area contributed by atoms with Crippen LogP contribution in [0.2, 0.25) is 0 Å². The summed E-state index contributed by atoms with van der Waals surface area (Å²) in [5.74, 6) is -0.0696. The van der Waals surface area contributed by atoms with Gasteiger partial charge in [-0.25, -0.2) is 4.98 Å². The monoisotopic (exact) mass is 455 g/mol. The van der Waals surface area contributed by atoms with E-state index in [-0.39, 0.29) is 29.8 Å². The Morgan fingerprint density at radius 3 is 3.00 bits per heavy atom. The zero-order valence-electron chi connectivity index (χ0n) is 14.2. The van der Waals surface area contributed by atoms with Crippen molar-refractivity contribution in [2.24, 2.45) is 0 Å². The quantitative estimate of drug-likeness (QED) is 0.526. The highest BCUT2D eigenvalue weighted by molar-refractivity contribution is 8.07. The molecule has 0 aromatic carbocycles. The van der Waals surface area contributed by atoms with Gasteiger partial charge in [0.25, 0.3) is 5.56 Å². The summed E-state index contributed by atoms with van der Waals surface area (Å²) in [6, 6.07) is 0. The Labute approximate surface area is 168 Å². The molecule has 14 heteroatoms. The van der Waals surface area contributed by atoms with Crippen molar-refractivity contribution in [2.75, 3.05) is 12.3 Å². The van der Waals surface area contributed by atoms with E-state index in [1.807, 2.05) is 13.8 Å². The Balaban J connectivity index is 1.71. The topological polar surface area (TPSA) is 127 Å². The number of aromatic nitrogens is 4. The second-order valence-electron chi connectivity index (χ2n) is 6.40. The highest BCUT2D eigenvalue weighted by Gasteiger charge is 2.61. The molecule has 0 radical (unpaired) electrons. The van der Waals surface area contributed by atoms with Crippen LogP contribution in [0.25, 0.3) is 11.2 Å². The maximum atomic E-state index is 12.0. The lowest BCUT2D eigenvalue weighted by molar-refractivity contribution is -0.0632. The molecule has 0 aliphatic carbocycles. The van der Waals surface area contributed by atoms with Crippen molar-refractivity contribution in [2.45, 2.75) is 42.7 Å². The van der Waals surface area contributed by atoms with Crippen molar-refractivity contribution in [3.05, 3.63) is 16.7 Å². The number of halogens is 2. The van der Waals surface area contributed by atoms with E-state index in [4.69, 9.17) is 59.1 Å². The standard InChI is InChI=1S/C13H16Cl2N5O5PS/c1-5(2)24-26(27)22-3-6-8(25-26)13(14,15)11(23-6)20-4-17-7-9(20)18-12(16)19-10(7)21/h4-6,8,11H,3H2,1-2H3,(H3,16,18,19,21)/t6-,8-,11-,26-/m1/s1. The molecule has 2 aliphatic rings. The summed E-state index contributed by atoms with van der Waals surface area (Å²) in [6.07, 6.45) is -1.19. The second kappa shape index (κ2) is 6.64. The van der Waals surface area contributed by atoms with Gasteiger partial charge in [-0.3, -0.25) is 18.9 Å². The van der Waals surface area contributed by atoms with Gasteiger partial charge in [0.2, 0.25) is 5.95 Å². The number of nitrogen functional groups attached to an aromatic ring is 1. The second-order valence-corrected chi connectivity index (χ2v) is 10.8. The molecule has 2 aromatic heterocycles. The van der Waals surface area contributed by atoms with Gasteiger partial charge in [-0.1, -0.05) is 23.2 Å². The highest BCUT2D eigenvalue weighted by atomic mass is 35.5. The van der Waals surface area contributed by atoms with Crippen LogP contribution in [0.5, 0.6) is 0 Å². The molecule has 10 nitrogen and oxygen atoms in total. The summed E-state index contributed by atoms with van der Waals surface area (Å²) < 4.78 is 22.9. The largest absolute Gasteiger partial charge is 0.369 e. The van der Waals surface area contributed by atoms with Crippen LogP contribution in [0.4, 0.5) is 5.95 Å². The van der Waals surface area contributed by atoms with E-state index < -0.39 is 35.0 Å². The molecule has 4 heterocycles. The number of hydrogen-bond donors (Lipinski definition) is 2. The van der Waals surface area contributed by atoms with Gasteiger partial charge in [0.05, 0.1) is 19.0 Å². The maximum absolute atomic E-state index is 12.0. The SMILES string of the molecule is CC(C)O[P@]1(=S)OC[C@H]2O[C@@H](n3cnc4c(=O)[nH]c(N)nc43)C(Cl)(Cl)[C@@H]2O1. The van der Waals surface area contributed by atoms with Crippen LogP contribution in [0.1, 0.15) is 20.1 Å². The third-order valence-corrected chi connectivity index (χ3v) is 7.30. The lowest BCUT2D eigenvalue weighted by Crippen LogP contribution is -2.42. The first-order chi connectivity index (χ1) is 12.6. The number of rotatable bonds is 3. The number of nitrogens with zero attached hydrogens (tertiary/aromatic N) is 3. The Hall–Kier alpha value is -0.780. The van der Waals surface area contributed by atoms with Crippen LogP contribution in [0.3, 0.4) is 0 Å². The summed E-state index contributed by atoms with van der Waals surface area (Å²) in [4.78, 5) is 22.5. The Morgan fingerprint density at radius 1 is 1.56 bits per heavy atom. The van der Waals surface area contributed by atoms with Gasteiger partial charge in [-0.2, -0.15) is 4.98 Å². The van der Waals surface area contributed by atoms with Crippen molar-refractivity contribution < 1.29 is 18.3 Å². The Kier molecular flexibility index (Phi) is 4.80. The number of alkyl halides is 2. The fraction of sp³-hybridized carbons (Fsp3) is 0.615. The van der Waals surface area contributed by atoms with Gasteiger partial charge >= 0.3 is 6.72 Å². The molecular weight excluding hydrogens is 440 g/mol. The van der Waals surface area contributed by atoms with E-state index in [1.54, 1.807) is 0 Å². The lowest BCUT2D eigenvalue weighted by atomic mass is 10.2. The van der Waals surface area contributed by atoms with Crippen LogP contribution in [0, 0.1) is 0 Å². The molecule has 4 rings (SSSR count). The van der Waals surface area contributed by atoms with Crippen molar-refractivity contribution in [3.8, 4) is 0 Å². The Morgan fingerprint density at radius 2 is 2.30 bits per heavy atom. The summed E-state index contributed by atoms with van der Waals surface area (Å²) in [6.45, 7) is 0.729. The van der Waals surface area contributed by atoms with Crippen LogP contribution in [0.15, 0.2) is 11.1 Å². The fourth-order valence-corrected chi connectivity index (χ4v) is 6.38. The number of aromatic amines is 1. The number of nitrogens with one attached hydrogen (secondary N) is 1. The van der Waals surface area contributed by atoms with E-state index in [1.165, 1.54) is 10.9 Å². The minimum Gasteiger partial charge on any atom is -0.369 e. The van der Waals surface area contributed by atoms with Gasteiger partial charge in [0.15, 0.2) is 21.7 Å². The van der Waals surface area contributed by atoms with Crippen LogP contribution >= 0.6 is 29.9 Å². The molecule has 4 atom stereocenters. The third-order valence-electron chi connectivity index (χ3n) is 4.03. The average Bonchev–Trinajstić information content (AvgIpc) is 3.05. The maximum Gasteiger partial charge on any atom is 0.327 e. The number of fused-ring (bicyclic) bond motifs is 2. The fourth-order valence-electron chi connectivity index (χ4n) is 2.99. The molecule has 0 bridgehead atoms. The van der Waals surface area contributed by atoms with Crippen molar-refractivity contribution >= 4 is 58.8 Å². The summed E-state index contributed by atoms with van der Waals surface area (Å²) >= 11 is 18.6. The van der Waals surface area contributed by atoms with Crippen LogP contribution in [-0.2, 0) is 30.1 Å². The molecular formula is C13H16Cl2N5O5PS. The predicted octanol–water partition coefficient (Wildman–Crippen LogP) is 1.84. The molecule has 148 valence electrons. The molecule has 0 amide bonds. The van der Waals surface area contributed by atoms with Crippen molar-refractivity contribution in [1.82, 2.24) is 19.5 Å². The number of H-pyrrole nitrogens is 1. The van der Waals surface area contributed by atoms with Crippen molar-refractivity contribution in [3.63, 3.8) is 0 Å². The van der Waals surface area contributed by atoms with E-state index >= 15 is 0 Å². The van der Waals surface area contributed by atoms with E-state index in [2.05, 4.69) is 15.0 Å². The molecule has 2 aliphatic heterocycles. The van der Waals surface area contributed by atoms with Gasteiger partial charge in [-0.15, -0.1) is 0 Å². The number of anilines is 1. The average molecular weight is 456 g/mol. The molecule has 0 spiro atoms. The van der Waals surface area contributed by atoms with Gasteiger partial charge in [0.1, 0.15) is 12.2 Å². The minimum absolute atomic E-state index is 0.0696. The van der Waals surface area contributed by atoms with E-state index in [9.17, 15) is 4.79 Å². The molecule has 0 saturated carbocycles. The first-order valence-electron chi connectivity index (χ1n) is 7.98. The smallest absolute Gasteiger partial charge is 0.327 e. The molecule has 2 fully saturated rings. The zero-order chi connectivity index (χ0) is 19.6. The normalized spacial score (nSPS) is 32.9. The van der Waals surface area contributed by atoms with Crippen molar-refractivity contribution in [1.29, 1.82) is 0 Å². The van der Waals surface area contributed by atoms with Crippen LogP contribution in [-0.4, -0.2) is 48.8 Å². The van der Waals surface area contributed by atoms with Gasteiger partial charge in [-0.05, 0) is 25.7 Å². The molecule has 27 heavy (non-hydrogen) atoms. The lowest BCUT2D eigenvalue weighted by Gasteiger charge is -2.36. The molecule has 3 N–H and O–H groups in total. The van der Waals surface area contributed by atoms with Gasteiger partial charge in [0, 0.05) is 0 Å². The minimum atomic E-state index is -3.02. The van der Waals surface area contributed by atoms with Crippen LogP contribution < -0.4 is 11.3 Å². The Bertz CT molecular complexity index is 997. The van der Waals surface area contributed by atoms with E-state index in [0.29, 0.717) is 0 Å². The number of imidazole rings is 1. The number of nitrogens with two attached hydrogens (primary N) is 1. The zero-order valence-corrected chi connectivity index (χ0v) is 17.4. The number of hydrogen-bond acceptors (Lipinski definition) is 9. The highest BCUT2D eigenvalue weighted by Crippen LogP contribution is 2.62. The molecule has 2 saturated heterocycles. The van der Waals surface area contributed by atoms with Gasteiger partial charge < -0.3 is 19.5 Å². The summed E-state index contributed by atoms with van der Waals surface area (Å²) in [5, 5.41) is 0. The first-order valence-corrected chi connectivity index (χ1v) is 11.3. The molecule has 2 aromatic rings. The number of ether oxygens (including phenoxy) is 1. The summed E-state index contributed by atoms with van der Waals surface area (Å²) in [5.41, 5.74) is 5.41. The third kappa shape index (κ3) is 3.30.